The topological polar surface area (TPSA) is 38.5 Å². The smallest absolute Gasteiger partial charge is 0.135 e. The lowest BCUT2D eigenvalue weighted by Crippen LogP contribution is -2.32. The molecular formula is C14H19FN2OS. The minimum Gasteiger partial charge on any atom is -0.389 e. The summed E-state index contributed by atoms with van der Waals surface area (Å²) in [7, 11) is 0. The van der Waals surface area contributed by atoms with Crippen LogP contribution in [0.15, 0.2) is 18.2 Å². The van der Waals surface area contributed by atoms with E-state index >= 15 is 0 Å². The monoisotopic (exact) mass is 282 g/mol. The second kappa shape index (κ2) is 6.30. The fourth-order valence-corrected chi connectivity index (χ4v) is 2.52. The van der Waals surface area contributed by atoms with Crippen LogP contribution in [0.25, 0.3) is 0 Å². The Bertz CT molecular complexity index is 461. The summed E-state index contributed by atoms with van der Waals surface area (Å²) in [6, 6.07) is 4.99. The number of ether oxygens (including phenoxy) is 1. The molecule has 0 bridgehead atoms. The molecule has 1 unspecified atom stereocenters. The SMILES string of the molecule is CCN(CC1CCCO1)c1ccc(C(N)=S)c(F)c1. The van der Waals surface area contributed by atoms with Crippen molar-refractivity contribution in [3.8, 4) is 0 Å². The Morgan fingerprint density at radius 3 is 2.89 bits per heavy atom. The zero-order chi connectivity index (χ0) is 13.8. The number of nitrogens with zero attached hydrogens (tertiary/aromatic N) is 1. The molecule has 2 N–H and O–H groups in total. The van der Waals surface area contributed by atoms with Gasteiger partial charge in [0, 0.05) is 30.9 Å². The molecule has 1 aliphatic rings. The first-order valence-corrected chi connectivity index (χ1v) is 6.98. The van der Waals surface area contributed by atoms with E-state index in [0.29, 0.717) is 5.56 Å². The number of anilines is 1. The first-order chi connectivity index (χ1) is 9.11. The third-order valence-corrected chi connectivity index (χ3v) is 3.63. The van der Waals surface area contributed by atoms with E-state index in [-0.39, 0.29) is 16.9 Å². The summed E-state index contributed by atoms with van der Waals surface area (Å²) in [5, 5.41) is 0. The molecule has 0 aromatic heterocycles. The lowest BCUT2D eigenvalue weighted by molar-refractivity contribution is 0.115. The van der Waals surface area contributed by atoms with Crippen LogP contribution in [0.3, 0.4) is 0 Å². The zero-order valence-electron chi connectivity index (χ0n) is 11.1. The van der Waals surface area contributed by atoms with Crippen LogP contribution >= 0.6 is 12.2 Å². The summed E-state index contributed by atoms with van der Waals surface area (Å²) < 4.78 is 19.5. The molecule has 0 radical (unpaired) electrons. The van der Waals surface area contributed by atoms with Crippen LogP contribution in [0.1, 0.15) is 25.3 Å². The van der Waals surface area contributed by atoms with Gasteiger partial charge in [-0.2, -0.15) is 0 Å². The van der Waals surface area contributed by atoms with Crippen LogP contribution in [-0.4, -0.2) is 30.8 Å². The van der Waals surface area contributed by atoms with Crippen LogP contribution in [0.4, 0.5) is 10.1 Å². The van der Waals surface area contributed by atoms with Crippen LogP contribution in [0, 0.1) is 5.82 Å². The average molecular weight is 282 g/mol. The number of hydrogen-bond donors (Lipinski definition) is 1. The van der Waals surface area contributed by atoms with E-state index in [1.807, 2.05) is 13.0 Å². The molecule has 5 heteroatoms. The number of nitrogens with two attached hydrogens (primary N) is 1. The molecule has 1 aliphatic heterocycles. The van der Waals surface area contributed by atoms with Gasteiger partial charge in [-0.15, -0.1) is 0 Å². The highest BCUT2D eigenvalue weighted by molar-refractivity contribution is 7.80. The fourth-order valence-electron chi connectivity index (χ4n) is 2.35. The summed E-state index contributed by atoms with van der Waals surface area (Å²) in [6.45, 7) is 4.49. The van der Waals surface area contributed by atoms with Crippen LogP contribution in [-0.2, 0) is 4.74 Å². The Balaban J connectivity index is 2.13. The number of benzene rings is 1. The molecular weight excluding hydrogens is 263 g/mol. The number of halogens is 1. The van der Waals surface area contributed by atoms with E-state index in [1.54, 1.807) is 6.07 Å². The van der Waals surface area contributed by atoms with Gasteiger partial charge in [-0.3, -0.25) is 0 Å². The van der Waals surface area contributed by atoms with Gasteiger partial charge in [0.25, 0.3) is 0 Å². The second-order valence-electron chi connectivity index (χ2n) is 4.70. The first kappa shape index (κ1) is 14.2. The van der Waals surface area contributed by atoms with Crippen molar-refractivity contribution in [3.05, 3.63) is 29.6 Å². The largest absolute Gasteiger partial charge is 0.389 e. The fraction of sp³-hybridized carbons (Fsp3) is 0.500. The Kier molecular flexibility index (Phi) is 4.71. The van der Waals surface area contributed by atoms with Crippen LogP contribution < -0.4 is 10.6 Å². The van der Waals surface area contributed by atoms with Crippen molar-refractivity contribution >= 4 is 22.9 Å². The van der Waals surface area contributed by atoms with Gasteiger partial charge in [0.15, 0.2) is 0 Å². The molecule has 104 valence electrons. The molecule has 1 saturated heterocycles. The molecule has 2 rings (SSSR count). The van der Waals surface area contributed by atoms with E-state index in [0.717, 1.165) is 38.2 Å². The van der Waals surface area contributed by atoms with Crippen molar-refractivity contribution in [2.24, 2.45) is 5.73 Å². The molecule has 1 atom stereocenters. The van der Waals surface area contributed by atoms with Crippen molar-refractivity contribution < 1.29 is 9.13 Å². The van der Waals surface area contributed by atoms with Gasteiger partial charge < -0.3 is 15.4 Å². The first-order valence-electron chi connectivity index (χ1n) is 6.57. The lowest BCUT2D eigenvalue weighted by Gasteiger charge is -2.26. The minimum atomic E-state index is -0.365. The van der Waals surface area contributed by atoms with Crippen molar-refractivity contribution in [2.75, 3.05) is 24.6 Å². The summed E-state index contributed by atoms with van der Waals surface area (Å²) >= 11 is 4.81. The van der Waals surface area contributed by atoms with Gasteiger partial charge in [-0.05, 0) is 38.0 Å². The molecule has 3 nitrogen and oxygen atoms in total. The van der Waals surface area contributed by atoms with E-state index in [2.05, 4.69) is 4.90 Å². The van der Waals surface area contributed by atoms with E-state index < -0.39 is 0 Å². The van der Waals surface area contributed by atoms with Crippen LogP contribution in [0.2, 0.25) is 0 Å². The molecule has 0 aliphatic carbocycles. The van der Waals surface area contributed by atoms with Crippen LogP contribution in [0.5, 0.6) is 0 Å². The number of rotatable bonds is 5. The molecule has 0 saturated carbocycles. The molecule has 0 amide bonds. The predicted octanol–water partition coefficient (Wildman–Crippen LogP) is 2.47. The quantitative estimate of drug-likeness (QED) is 0.842. The van der Waals surface area contributed by atoms with Gasteiger partial charge >= 0.3 is 0 Å². The lowest BCUT2D eigenvalue weighted by atomic mass is 10.1. The summed E-state index contributed by atoms with van der Waals surface area (Å²) in [6.07, 6.45) is 2.43. The highest BCUT2D eigenvalue weighted by Gasteiger charge is 2.19. The zero-order valence-corrected chi connectivity index (χ0v) is 11.9. The molecule has 1 heterocycles. The van der Waals surface area contributed by atoms with Gasteiger partial charge in [-0.1, -0.05) is 12.2 Å². The second-order valence-corrected chi connectivity index (χ2v) is 5.14. The Hall–Kier alpha value is -1.20. The predicted molar refractivity (Wildman–Crippen MR) is 79.1 cm³/mol. The van der Waals surface area contributed by atoms with Crippen molar-refractivity contribution in [1.29, 1.82) is 0 Å². The maximum atomic E-state index is 13.9. The molecule has 1 aromatic carbocycles. The Morgan fingerprint density at radius 1 is 1.58 bits per heavy atom. The van der Waals surface area contributed by atoms with E-state index in [9.17, 15) is 4.39 Å². The van der Waals surface area contributed by atoms with Gasteiger partial charge in [0.2, 0.25) is 0 Å². The summed E-state index contributed by atoms with van der Waals surface area (Å²) in [5.74, 6) is -0.365. The average Bonchev–Trinajstić information content (AvgIpc) is 2.88. The third-order valence-electron chi connectivity index (χ3n) is 3.41. The number of hydrogen-bond acceptors (Lipinski definition) is 3. The molecule has 0 spiro atoms. The normalized spacial score (nSPS) is 18.5. The summed E-state index contributed by atoms with van der Waals surface area (Å²) in [4.78, 5) is 2.20. The van der Waals surface area contributed by atoms with Gasteiger partial charge in [-0.25, -0.2) is 4.39 Å². The standard InChI is InChI=1S/C14H19FN2OS/c1-2-17(9-11-4-3-7-18-11)10-5-6-12(14(16)19)13(15)8-10/h5-6,8,11H,2-4,7,9H2,1H3,(H2,16,19). The van der Waals surface area contributed by atoms with Crippen molar-refractivity contribution in [1.82, 2.24) is 0 Å². The van der Waals surface area contributed by atoms with Gasteiger partial charge in [0.1, 0.15) is 10.8 Å². The summed E-state index contributed by atoms with van der Waals surface area (Å²) in [5.41, 5.74) is 6.60. The Labute approximate surface area is 118 Å². The molecule has 1 aromatic rings. The maximum Gasteiger partial charge on any atom is 0.135 e. The number of thiocarbonyl (C=S) groups is 1. The van der Waals surface area contributed by atoms with Crippen molar-refractivity contribution in [3.63, 3.8) is 0 Å². The maximum absolute atomic E-state index is 13.9. The highest BCUT2D eigenvalue weighted by atomic mass is 32.1. The minimum absolute atomic E-state index is 0.0891. The third kappa shape index (κ3) is 3.42. The molecule has 19 heavy (non-hydrogen) atoms. The molecule has 1 fully saturated rings. The van der Waals surface area contributed by atoms with E-state index in [1.165, 1.54) is 6.07 Å². The van der Waals surface area contributed by atoms with E-state index in [4.69, 9.17) is 22.7 Å². The van der Waals surface area contributed by atoms with Crippen molar-refractivity contribution in [2.45, 2.75) is 25.9 Å². The Morgan fingerprint density at radius 2 is 2.37 bits per heavy atom. The van der Waals surface area contributed by atoms with Gasteiger partial charge in [0.05, 0.1) is 6.10 Å². The number of likely N-dealkylation sites (N-methyl/N-ethyl adjacent to an activating group) is 1. The highest BCUT2D eigenvalue weighted by Crippen LogP contribution is 2.21.